The van der Waals surface area contributed by atoms with Gasteiger partial charge in [-0.2, -0.15) is 0 Å². The monoisotopic (exact) mass is 291 g/mol. The van der Waals surface area contributed by atoms with Crippen molar-refractivity contribution >= 4 is 17.1 Å². The maximum absolute atomic E-state index is 13.6. The molecule has 2 aromatic carbocycles. The Morgan fingerprint density at radius 1 is 1.10 bits per heavy atom. The largest absolute Gasteiger partial charge is 0.397 e. The van der Waals surface area contributed by atoms with E-state index in [9.17, 15) is 8.78 Å². The Morgan fingerprint density at radius 2 is 1.81 bits per heavy atom. The van der Waals surface area contributed by atoms with Crippen molar-refractivity contribution < 1.29 is 8.78 Å². The first kappa shape index (κ1) is 15.1. The van der Waals surface area contributed by atoms with Crippen LogP contribution in [0.3, 0.4) is 0 Å². The summed E-state index contributed by atoms with van der Waals surface area (Å²) in [6.45, 7) is 1.32. The molecular formula is C16H19F2N3. The Morgan fingerprint density at radius 3 is 2.52 bits per heavy atom. The number of hydrogen-bond donors (Lipinski definition) is 2. The van der Waals surface area contributed by atoms with E-state index in [4.69, 9.17) is 5.73 Å². The number of nitrogens with two attached hydrogens (primary N) is 1. The highest BCUT2D eigenvalue weighted by Crippen LogP contribution is 2.24. The molecule has 0 aliphatic heterocycles. The molecule has 3 N–H and O–H groups in total. The van der Waals surface area contributed by atoms with Crippen LogP contribution in [-0.2, 0) is 0 Å². The lowest BCUT2D eigenvalue weighted by Gasteiger charge is -2.19. The van der Waals surface area contributed by atoms with Crippen molar-refractivity contribution in [1.82, 2.24) is 0 Å². The smallest absolute Gasteiger partial charge is 0.183 e. The van der Waals surface area contributed by atoms with Crippen LogP contribution in [0, 0.1) is 11.6 Å². The van der Waals surface area contributed by atoms with Gasteiger partial charge in [0.15, 0.2) is 11.6 Å². The van der Waals surface area contributed by atoms with Crippen LogP contribution in [0.15, 0.2) is 42.5 Å². The van der Waals surface area contributed by atoms with Crippen LogP contribution in [0.5, 0.6) is 0 Å². The molecule has 5 heteroatoms. The van der Waals surface area contributed by atoms with Crippen LogP contribution in [0.4, 0.5) is 25.8 Å². The fourth-order valence-corrected chi connectivity index (χ4v) is 2.09. The molecular weight excluding hydrogens is 272 g/mol. The minimum absolute atomic E-state index is 0.0392. The second kappa shape index (κ2) is 6.92. The molecule has 0 spiro atoms. The van der Waals surface area contributed by atoms with E-state index in [1.54, 1.807) is 0 Å². The maximum Gasteiger partial charge on any atom is 0.183 e. The number of para-hydroxylation sites is 1. The molecule has 0 saturated heterocycles. The van der Waals surface area contributed by atoms with Gasteiger partial charge in [0.05, 0.1) is 11.4 Å². The topological polar surface area (TPSA) is 41.3 Å². The summed E-state index contributed by atoms with van der Waals surface area (Å²) in [5, 5.41) is 2.86. The summed E-state index contributed by atoms with van der Waals surface area (Å²) < 4.78 is 26.7. The zero-order valence-electron chi connectivity index (χ0n) is 11.9. The van der Waals surface area contributed by atoms with E-state index < -0.39 is 11.6 Å². The molecule has 0 radical (unpaired) electrons. The number of hydrogen-bond acceptors (Lipinski definition) is 3. The molecule has 3 nitrogen and oxygen atoms in total. The lowest BCUT2D eigenvalue weighted by atomic mass is 10.2. The summed E-state index contributed by atoms with van der Waals surface area (Å²) in [6.07, 6.45) is 0.779. The van der Waals surface area contributed by atoms with Crippen LogP contribution in [-0.4, -0.2) is 20.1 Å². The molecule has 0 heterocycles. The Bertz CT molecular complexity index is 588. The minimum atomic E-state index is -0.925. The third-order valence-electron chi connectivity index (χ3n) is 3.30. The third kappa shape index (κ3) is 3.84. The van der Waals surface area contributed by atoms with Crippen molar-refractivity contribution in [3.05, 3.63) is 54.1 Å². The summed E-state index contributed by atoms with van der Waals surface area (Å²) in [6, 6.07) is 12.4. The SMILES string of the molecule is CN(CCCNc1c(N)ccc(F)c1F)c1ccccc1. The molecule has 2 aromatic rings. The predicted molar refractivity (Wildman–Crippen MR) is 83.6 cm³/mol. The van der Waals surface area contributed by atoms with Crippen LogP contribution in [0.1, 0.15) is 6.42 Å². The minimum Gasteiger partial charge on any atom is -0.397 e. The van der Waals surface area contributed by atoms with Gasteiger partial charge in [-0.25, -0.2) is 8.78 Å². The third-order valence-corrected chi connectivity index (χ3v) is 3.30. The number of nitrogens with zero attached hydrogens (tertiary/aromatic N) is 1. The lowest BCUT2D eigenvalue weighted by Crippen LogP contribution is -2.21. The van der Waals surface area contributed by atoms with Crippen LogP contribution in [0.25, 0.3) is 0 Å². The van der Waals surface area contributed by atoms with Gasteiger partial charge < -0.3 is 16.0 Å². The molecule has 0 aromatic heterocycles. The Balaban J connectivity index is 1.84. The molecule has 0 aliphatic rings. The van der Waals surface area contributed by atoms with Gasteiger partial charge in [0, 0.05) is 25.8 Å². The molecule has 0 unspecified atom stereocenters. The Labute approximate surface area is 123 Å². The summed E-state index contributed by atoms with van der Waals surface area (Å²) >= 11 is 0. The van der Waals surface area contributed by atoms with Gasteiger partial charge in [0.2, 0.25) is 0 Å². The molecule has 0 bridgehead atoms. The molecule has 0 fully saturated rings. The first-order chi connectivity index (χ1) is 10.1. The molecule has 0 aliphatic carbocycles. The van der Waals surface area contributed by atoms with Crippen LogP contribution >= 0.6 is 0 Å². The van der Waals surface area contributed by atoms with Gasteiger partial charge in [-0.1, -0.05) is 18.2 Å². The fourth-order valence-electron chi connectivity index (χ4n) is 2.09. The van der Waals surface area contributed by atoms with Crippen LogP contribution in [0.2, 0.25) is 0 Å². The highest BCUT2D eigenvalue weighted by molar-refractivity contribution is 5.66. The van der Waals surface area contributed by atoms with E-state index in [1.807, 2.05) is 37.4 Å². The standard InChI is InChI=1S/C16H19F2N3/c1-21(12-6-3-2-4-7-12)11-5-10-20-16-14(19)9-8-13(17)15(16)18/h2-4,6-9,20H,5,10-11,19H2,1H3. The summed E-state index contributed by atoms with van der Waals surface area (Å²) in [5.41, 5.74) is 7.02. The quantitative estimate of drug-likeness (QED) is 0.632. The predicted octanol–water partition coefficient (Wildman–Crippen LogP) is 3.49. The average Bonchev–Trinajstić information content (AvgIpc) is 2.51. The van der Waals surface area contributed by atoms with Gasteiger partial charge in [-0.3, -0.25) is 0 Å². The molecule has 2 rings (SSSR count). The number of rotatable bonds is 6. The number of nitrogen functional groups attached to an aromatic ring is 1. The second-order valence-electron chi connectivity index (χ2n) is 4.86. The van der Waals surface area contributed by atoms with Gasteiger partial charge in [0.25, 0.3) is 0 Å². The van der Waals surface area contributed by atoms with E-state index in [1.165, 1.54) is 6.07 Å². The first-order valence-corrected chi connectivity index (χ1v) is 6.83. The molecule has 0 saturated carbocycles. The van der Waals surface area contributed by atoms with Crippen molar-refractivity contribution in [2.24, 2.45) is 0 Å². The zero-order chi connectivity index (χ0) is 15.2. The van der Waals surface area contributed by atoms with Gasteiger partial charge in [0.1, 0.15) is 0 Å². The highest BCUT2D eigenvalue weighted by Gasteiger charge is 2.11. The van der Waals surface area contributed by atoms with E-state index in [2.05, 4.69) is 10.2 Å². The fraction of sp³-hybridized carbons (Fsp3) is 0.250. The number of anilines is 3. The van der Waals surface area contributed by atoms with Crippen molar-refractivity contribution in [2.45, 2.75) is 6.42 Å². The number of nitrogens with one attached hydrogen (secondary N) is 1. The first-order valence-electron chi connectivity index (χ1n) is 6.83. The summed E-state index contributed by atoms with van der Waals surface area (Å²) in [4.78, 5) is 2.10. The molecule has 21 heavy (non-hydrogen) atoms. The molecule has 112 valence electrons. The highest BCUT2D eigenvalue weighted by atomic mass is 19.2. The van der Waals surface area contributed by atoms with Crippen molar-refractivity contribution in [2.75, 3.05) is 36.1 Å². The van der Waals surface area contributed by atoms with Gasteiger partial charge in [-0.15, -0.1) is 0 Å². The zero-order valence-corrected chi connectivity index (χ0v) is 11.9. The van der Waals surface area contributed by atoms with Gasteiger partial charge >= 0.3 is 0 Å². The van der Waals surface area contributed by atoms with Crippen LogP contribution < -0.4 is 16.0 Å². The van der Waals surface area contributed by atoms with Gasteiger partial charge in [-0.05, 0) is 30.7 Å². The summed E-state index contributed by atoms with van der Waals surface area (Å²) in [5.74, 6) is -1.82. The van der Waals surface area contributed by atoms with Crippen molar-refractivity contribution in [3.8, 4) is 0 Å². The van der Waals surface area contributed by atoms with Crippen molar-refractivity contribution in [3.63, 3.8) is 0 Å². The maximum atomic E-state index is 13.6. The van der Waals surface area contributed by atoms with E-state index in [-0.39, 0.29) is 11.4 Å². The van der Waals surface area contributed by atoms with E-state index in [0.29, 0.717) is 6.54 Å². The lowest BCUT2D eigenvalue weighted by molar-refractivity contribution is 0.511. The van der Waals surface area contributed by atoms with Crippen molar-refractivity contribution in [1.29, 1.82) is 0 Å². The molecule has 0 atom stereocenters. The summed E-state index contributed by atoms with van der Waals surface area (Å²) in [7, 11) is 1.99. The second-order valence-corrected chi connectivity index (χ2v) is 4.86. The van der Waals surface area contributed by atoms with E-state index in [0.717, 1.165) is 24.7 Å². The number of halogens is 2. The normalized spacial score (nSPS) is 10.4. The molecule has 0 amide bonds. The Hall–Kier alpha value is -2.30. The Kier molecular flexibility index (Phi) is 4.98. The van der Waals surface area contributed by atoms with E-state index >= 15 is 0 Å². The number of benzene rings is 2. The average molecular weight is 291 g/mol.